The number of ether oxygens (including phenoxy) is 1. The minimum Gasteiger partial charge on any atom is -0.378 e. The van der Waals surface area contributed by atoms with Crippen LogP contribution in [0.2, 0.25) is 0 Å². The van der Waals surface area contributed by atoms with Gasteiger partial charge in [0.15, 0.2) is 0 Å². The van der Waals surface area contributed by atoms with E-state index in [4.69, 9.17) is 16.3 Å². The molecule has 3 nitrogen and oxygen atoms in total. The first-order chi connectivity index (χ1) is 7.07. The zero-order valence-corrected chi connectivity index (χ0v) is 10.5. The molecule has 0 spiro atoms. The molecule has 1 rings (SSSR count). The summed E-state index contributed by atoms with van der Waals surface area (Å²) in [7, 11) is 0. The molecule has 2 unspecified atom stereocenters. The molecule has 1 heterocycles. The maximum atomic E-state index is 12.2. The van der Waals surface area contributed by atoms with Crippen LogP contribution in [0.4, 0.5) is 0 Å². The van der Waals surface area contributed by atoms with Crippen LogP contribution in [0.3, 0.4) is 0 Å². The van der Waals surface area contributed by atoms with Crippen molar-refractivity contribution in [3.05, 3.63) is 0 Å². The maximum absolute atomic E-state index is 12.2. The molecule has 0 aromatic heterocycles. The smallest absolute Gasteiger partial charge is 0.228 e. The van der Waals surface area contributed by atoms with Gasteiger partial charge in [0.1, 0.15) is 0 Å². The van der Waals surface area contributed by atoms with E-state index in [0.717, 1.165) is 6.42 Å². The molecule has 0 aromatic carbocycles. The number of hydrogen-bond acceptors (Lipinski definition) is 2. The highest BCUT2D eigenvalue weighted by atomic mass is 35.5. The minimum absolute atomic E-state index is 0.0237. The average Bonchev–Trinajstić information content (AvgIpc) is 2.59. The van der Waals surface area contributed by atoms with Gasteiger partial charge in [0, 0.05) is 25.1 Å². The lowest BCUT2D eigenvalue weighted by atomic mass is 10.0. The van der Waals surface area contributed by atoms with Gasteiger partial charge in [0.2, 0.25) is 5.91 Å². The molecule has 1 fully saturated rings. The lowest BCUT2D eigenvalue weighted by molar-refractivity contribution is -0.138. The molecule has 1 saturated heterocycles. The molecular formula is C11H20ClNO2. The lowest BCUT2D eigenvalue weighted by Gasteiger charge is -2.29. The third kappa shape index (κ3) is 3.08. The second kappa shape index (κ2) is 5.71. The molecule has 15 heavy (non-hydrogen) atoms. The molecule has 88 valence electrons. The van der Waals surface area contributed by atoms with Crippen LogP contribution in [0.5, 0.6) is 0 Å². The lowest BCUT2D eigenvalue weighted by Crippen LogP contribution is -2.43. The molecule has 1 aliphatic heterocycles. The van der Waals surface area contributed by atoms with Crippen molar-refractivity contribution in [1.29, 1.82) is 0 Å². The largest absolute Gasteiger partial charge is 0.378 e. The first-order valence-corrected chi connectivity index (χ1v) is 6.09. The molecular weight excluding hydrogens is 214 g/mol. The quantitative estimate of drug-likeness (QED) is 0.694. The summed E-state index contributed by atoms with van der Waals surface area (Å²) < 4.78 is 5.41. The molecule has 0 saturated carbocycles. The van der Waals surface area contributed by atoms with Crippen molar-refractivity contribution in [2.24, 2.45) is 5.92 Å². The van der Waals surface area contributed by atoms with Crippen molar-refractivity contribution >= 4 is 17.5 Å². The van der Waals surface area contributed by atoms with Gasteiger partial charge in [0.05, 0.1) is 12.0 Å². The SMILES string of the molecule is CC1OCCC1C(=O)N(CCCl)C(C)C. The summed E-state index contributed by atoms with van der Waals surface area (Å²) in [6.07, 6.45) is 0.889. The van der Waals surface area contributed by atoms with Crippen LogP contribution in [0.1, 0.15) is 27.2 Å². The Labute approximate surface area is 96.7 Å². The third-order valence-electron chi connectivity index (χ3n) is 2.93. The summed E-state index contributed by atoms with van der Waals surface area (Å²) in [6, 6.07) is 0.212. The molecule has 0 N–H and O–H groups in total. The highest BCUT2D eigenvalue weighted by Gasteiger charge is 2.34. The zero-order chi connectivity index (χ0) is 11.4. The molecule has 0 aliphatic carbocycles. The standard InChI is InChI=1S/C11H20ClNO2/c1-8(2)13(6-5-12)11(14)10-4-7-15-9(10)3/h8-10H,4-7H2,1-3H3. The first kappa shape index (κ1) is 12.8. The van der Waals surface area contributed by atoms with Crippen LogP contribution in [-0.4, -0.2) is 42.0 Å². The number of amides is 1. The van der Waals surface area contributed by atoms with Gasteiger partial charge in [-0.2, -0.15) is 0 Å². The Balaban J connectivity index is 2.62. The van der Waals surface area contributed by atoms with Crippen molar-refractivity contribution in [2.75, 3.05) is 19.0 Å². The zero-order valence-electron chi connectivity index (χ0n) is 9.70. The van der Waals surface area contributed by atoms with Gasteiger partial charge in [0.25, 0.3) is 0 Å². The predicted octanol–water partition coefficient (Wildman–Crippen LogP) is 1.89. The van der Waals surface area contributed by atoms with Crippen LogP contribution in [-0.2, 0) is 9.53 Å². The van der Waals surface area contributed by atoms with Gasteiger partial charge >= 0.3 is 0 Å². The maximum Gasteiger partial charge on any atom is 0.228 e. The molecule has 0 bridgehead atoms. The Kier molecular flexibility index (Phi) is 4.87. The van der Waals surface area contributed by atoms with E-state index in [1.54, 1.807) is 0 Å². The normalized spacial score (nSPS) is 25.9. The molecule has 1 aliphatic rings. The molecule has 2 atom stereocenters. The van der Waals surface area contributed by atoms with E-state index in [1.165, 1.54) is 0 Å². The summed E-state index contributed by atoms with van der Waals surface area (Å²) in [4.78, 5) is 14.0. The van der Waals surface area contributed by atoms with Crippen molar-refractivity contribution in [2.45, 2.75) is 39.3 Å². The van der Waals surface area contributed by atoms with E-state index in [1.807, 2.05) is 25.7 Å². The topological polar surface area (TPSA) is 29.5 Å². The van der Waals surface area contributed by atoms with E-state index < -0.39 is 0 Å². The Morgan fingerprint density at radius 2 is 2.27 bits per heavy atom. The molecule has 0 radical (unpaired) electrons. The van der Waals surface area contributed by atoms with Crippen LogP contribution >= 0.6 is 11.6 Å². The summed E-state index contributed by atoms with van der Waals surface area (Å²) >= 11 is 5.70. The van der Waals surface area contributed by atoms with E-state index in [-0.39, 0.29) is 24.0 Å². The second-order valence-electron chi connectivity index (χ2n) is 4.29. The van der Waals surface area contributed by atoms with Crippen LogP contribution in [0.15, 0.2) is 0 Å². The van der Waals surface area contributed by atoms with Gasteiger partial charge in [-0.05, 0) is 27.2 Å². The van der Waals surface area contributed by atoms with Gasteiger partial charge in [-0.1, -0.05) is 0 Å². The summed E-state index contributed by atoms with van der Waals surface area (Å²) in [5.74, 6) is 0.706. The number of nitrogens with zero attached hydrogens (tertiary/aromatic N) is 1. The van der Waals surface area contributed by atoms with E-state index in [0.29, 0.717) is 19.0 Å². The number of carbonyl (C=O) groups is 1. The minimum atomic E-state index is 0.0237. The Hall–Kier alpha value is -0.280. The monoisotopic (exact) mass is 233 g/mol. The van der Waals surface area contributed by atoms with Crippen molar-refractivity contribution < 1.29 is 9.53 Å². The molecule has 4 heteroatoms. The third-order valence-corrected chi connectivity index (χ3v) is 3.09. The fourth-order valence-corrected chi connectivity index (χ4v) is 2.17. The fourth-order valence-electron chi connectivity index (χ4n) is 1.98. The first-order valence-electron chi connectivity index (χ1n) is 5.56. The average molecular weight is 234 g/mol. The van der Waals surface area contributed by atoms with Gasteiger partial charge in [-0.25, -0.2) is 0 Å². The summed E-state index contributed by atoms with van der Waals surface area (Å²) in [5, 5.41) is 0. The number of carbonyl (C=O) groups excluding carboxylic acids is 1. The summed E-state index contributed by atoms with van der Waals surface area (Å²) in [6.45, 7) is 7.33. The number of rotatable bonds is 4. The van der Waals surface area contributed by atoms with Crippen molar-refractivity contribution in [3.8, 4) is 0 Å². The Morgan fingerprint density at radius 3 is 2.67 bits per heavy atom. The molecule has 1 amide bonds. The van der Waals surface area contributed by atoms with E-state index in [2.05, 4.69) is 0 Å². The van der Waals surface area contributed by atoms with Crippen molar-refractivity contribution in [1.82, 2.24) is 4.90 Å². The number of hydrogen-bond donors (Lipinski definition) is 0. The number of halogens is 1. The highest BCUT2D eigenvalue weighted by Crippen LogP contribution is 2.23. The van der Waals surface area contributed by atoms with Gasteiger partial charge in [-0.3, -0.25) is 4.79 Å². The van der Waals surface area contributed by atoms with E-state index >= 15 is 0 Å². The fraction of sp³-hybridized carbons (Fsp3) is 0.909. The van der Waals surface area contributed by atoms with Crippen LogP contribution in [0, 0.1) is 5.92 Å². The number of alkyl halides is 1. The highest BCUT2D eigenvalue weighted by molar-refractivity contribution is 6.18. The second-order valence-corrected chi connectivity index (χ2v) is 4.66. The van der Waals surface area contributed by atoms with E-state index in [9.17, 15) is 4.79 Å². The van der Waals surface area contributed by atoms with Crippen LogP contribution < -0.4 is 0 Å². The summed E-state index contributed by atoms with van der Waals surface area (Å²) in [5.41, 5.74) is 0. The predicted molar refractivity (Wildman–Crippen MR) is 61.1 cm³/mol. The van der Waals surface area contributed by atoms with Crippen molar-refractivity contribution in [3.63, 3.8) is 0 Å². The van der Waals surface area contributed by atoms with Gasteiger partial charge < -0.3 is 9.64 Å². The molecule has 0 aromatic rings. The van der Waals surface area contributed by atoms with Crippen LogP contribution in [0.25, 0.3) is 0 Å². The Bertz CT molecular complexity index is 221. The Morgan fingerprint density at radius 1 is 1.60 bits per heavy atom. The van der Waals surface area contributed by atoms with Gasteiger partial charge in [-0.15, -0.1) is 11.6 Å².